The lowest BCUT2D eigenvalue weighted by atomic mass is 10.1. The Hall–Kier alpha value is -3.34. The van der Waals surface area contributed by atoms with Crippen LogP contribution in [0.15, 0.2) is 71.8 Å². The van der Waals surface area contributed by atoms with Gasteiger partial charge < -0.3 is 0 Å². The Morgan fingerprint density at radius 1 is 0.903 bits per heavy atom. The summed E-state index contributed by atoms with van der Waals surface area (Å²) in [5.41, 5.74) is 3.47. The van der Waals surface area contributed by atoms with Crippen molar-refractivity contribution in [3.63, 3.8) is 0 Å². The Balaban J connectivity index is 1.46. The number of nitrogens with one attached hydrogen (secondary N) is 2. The maximum Gasteiger partial charge on any atom is 0.261 e. The van der Waals surface area contributed by atoms with Gasteiger partial charge in [0.2, 0.25) is 0 Å². The van der Waals surface area contributed by atoms with Crippen LogP contribution in [0.5, 0.6) is 0 Å². The number of benzene rings is 3. The molecule has 0 unspecified atom stereocenters. The summed E-state index contributed by atoms with van der Waals surface area (Å²) in [6, 6.07) is 18.6. The molecule has 3 aromatic carbocycles. The van der Waals surface area contributed by atoms with Crippen LogP contribution in [0.3, 0.4) is 0 Å². The zero-order valence-electron chi connectivity index (χ0n) is 15.7. The van der Waals surface area contributed by atoms with Crippen LogP contribution >= 0.6 is 23.1 Å². The molecule has 6 rings (SSSR count). The van der Waals surface area contributed by atoms with Gasteiger partial charge in [0, 0.05) is 20.5 Å². The van der Waals surface area contributed by atoms with E-state index in [-0.39, 0.29) is 4.90 Å². The molecule has 2 N–H and O–H groups in total. The Bertz CT molecular complexity index is 1670. The highest BCUT2D eigenvalue weighted by Crippen LogP contribution is 2.38. The molecule has 10 heteroatoms. The number of aromatic amines is 1. The Kier molecular flexibility index (Phi) is 4.07. The van der Waals surface area contributed by atoms with Crippen LogP contribution in [0.2, 0.25) is 0 Å². The van der Waals surface area contributed by atoms with Crippen LogP contribution in [0, 0.1) is 0 Å². The summed E-state index contributed by atoms with van der Waals surface area (Å²) in [6.07, 6.45) is 1.69. The van der Waals surface area contributed by atoms with Crippen molar-refractivity contribution in [2.75, 3.05) is 4.72 Å². The van der Waals surface area contributed by atoms with E-state index in [9.17, 15) is 8.42 Å². The molecule has 31 heavy (non-hydrogen) atoms. The van der Waals surface area contributed by atoms with E-state index >= 15 is 0 Å². The van der Waals surface area contributed by atoms with Gasteiger partial charge in [-0.3, -0.25) is 9.82 Å². The highest BCUT2D eigenvalue weighted by Gasteiger charge is 2.18. The lowest BCUT2D eigenvalue weighted by Gasteiger charge is -2.10. The predicted molar refractivity (Wildman–Crippen MR) is 125 cm³/mol. The standard InChI is InChI=1S/C21H13N5O2S3/c27-31(28,15-5-6-17-18(10-15)25-30-24-17)26-14-7-13-11-22-23-21(13)16(9-14)20-8-12-3-1-2-4-19(12)29-20/h1-11,26H,(H,22,23). The molecule has 0 aliphatic heterocycles. The molecule has 0 amide bonds. The molecule has 0 aliphatic carbocycles. The van der Waals surface area contributed by atoms with Gasteiger partial charge in [-0.1, -0.05) is 18.2 Å². The number of fused-ring (bicyclic) bond motifs is 3. The van der Waals surface area contributed by atoms with Gasteiger partial charge >= 0.3 is 0 Å². The number of aromatic nitrogens is 4. The second kappa shape index (κ2) is 6.84. The zero-order chi connectivity index (χ0) is 21.0. The molecule has 0 saturated carbocycles. The summed E-state index contributed by atoms with van der Waals surface area (Å²) in [6.45, 7) is 0. The quantitative estimate of drug-likeness (QED) is 0.372. The van der Waals surface area contributed by atoms with E-state index in [2.05, 4.69) is 41.9 Å². The SMILES string of the molecule is O=S(=O)(Nc1cc(-c2cc3ccccc3s2)c2[nH]ncc2c1)c1ccc2nsnc2c1. The molecular formula is C21H13N5O2S3. The van der Waals surface area contributed by atoms with Crippen molar-refractivity contribution in [2.24, 2.45) is 0 Å². The monoisotopic (exact) mass is 463 g/mol. The number of sulfonamides is 1. The van der Waals surface area contributed by atoms with E-state index in [1.165, 1.54) is 16.8 Å². The Morgan fingerprint density at radius 3 is 2.68 bits per heavy atom. The second-order valence-corrected chi connectivity index (χ2v) is 10.3. The average molecular weight is 464 g/mol. The van der Waals surface area contributed by atoms with Crippen LogP contribution in [-0.2, 0) is 10.0 Å². The van der Waals surface area contributed by atoms with Gasteiger partial charge in [0.15, 0.2) is 0 Å². The Labute approximate surface area is 184 Å². The van der Waals surface area contributed by atoms with Gasteiger partial charge in [-0.25, -0.2) is 8.42 Å². The third kappa shape index (κ3) is 3.16. The number of H-pyrrole nitrogens is 1. The van der Waals surface area contributed by atoms with Crippen molar-refractivity contribution in [3.8, 4) is 10.4 Å². The molecule has 0 saturated heterocycles. The minimum Gasteiger partial charge on any atom is -0.280 e. The highest BCUT2D eigenvalue weighted by molar-refractivity contribution is 7.92. The fourth-order valence-electron chi connectivity index (χ4n) is 3.57. The van der Waals surface area contributed by atoms with Crippen LogP contribution < -0.4 is 4.72 Å². The summed E-state index contributed by atoms with van der Waals surface area (Å²) in [7, 11) is -3.80. The van der Waals surface area contributed by atoms with Gasteiger partial charge in [0.05, 0.1) is 34.0 Å². The Morgan fingerprint density at radius 2 is 1.77 bits per heavy atom. The van der Waals surface area contributed by atoms with Crippen LogP contribution in [0.25, 0.3) is 42.5 Å². The second-order valence-electron chi connectivity index (χ2n) is 7.03. The molecule has 0 aliphatic rings. The van der Waals surface area contributed by atoms with Crippen LogP contribution in [0.4, 0.5) is 5.69 Å². The molecule has 152 valence electrons. The molecule has 0 bridgehead atoms. The molecule has 3 heterocycles. The minimum absolute atomic E-state index is 0.142. The first-order valence-corrected chi connectivity index (χ1v) is 12.3. The lowest BCUT2D eigenvalue weighted by molar-refractivity contribution is 0.601. The van der Waals surface area contributed by atoms with Crippen LogP contribution in [0.1, 0.15) is 0 Å². The van der Waals surface area contributed by atoms with E-state index in [0.29, 0.717) is 16.7 Å². The molecule has 0 fully saturated rings. The molecule has 7 nitrogen and oxygen atoms in total. The van der Waals surface area contributed by atoms with Gasteiger partial charge in [-0.15, -0.1) is 11.3 Å². The first-order chi connectivity index (χ1) is 15.1. The lowest BCUT2D eigenvalue weighted by Crippen LogP contribution is -2.13. The molecule has 0 spiro atoms. The maximum atomic E-state index is 13.1. The van der Waals surface area contributed by atoms with E-state index in [4.69, 9.17) is 0 Å². The normalized spacial score (nSPS) is 12.1. The summed E-state index contributed by atoms with van der Waals surface area (Å²) < 4.78 is 38.2. The zero-order valence-corrected chi connectivity index (χ0v) is 18.2. The largest absolute Gasteiger partial charge is 0.280 e. The third-order valence-corrected chi connectivity index (χ3v) is 8.11. The maximum absolute atomic E-state index is 13.1. The fraction of sp³-hybridized carbons (Fsp3) is 0. The number of thiophene rings is 1. The number of hydrogen-bond donors (Lipinski definition) is 2. The van der Waals surface area contributed by atoms with E-state index in [1.807, 2.05) is 18.2 Å². The smallest absolute Gasteiger partial charge is 0.261 e. The van der Waals surface area contributed by atoms with Gasteiger partial charge in [-0.05, 0) is 47.9 Å². The van der Waals surface area contributed by atoms with E-state index < -0.39 is 10.0 Å². The average Bonchev–Trinajstić information content (AvgIpc) is 3.50. The minimum atomic E-state index is -3.80. The van der Waals surface area contributed by atoms with E-state index in [0.717, 1.165) is 38.5 Å². The summed E-state index contributed by atoms with van der Waals surface area (Å²) in [5, 5.41) is 9.16. The van der Waals surface area contributed by atoms with Crippen molar-refractivity contribution in [1.82, 2.24) is 18.9 Å². The predicted octanol–water partition coefficient (Wildman–Crippen LogP) is 5.25. The van der Waals surface area contributed by atoms with Crippen molar-refractivity contribution in [1.29, 1.82) is 0 Å². The number of anilines is 1. The number of rotatable bonds is 4. The van der Waals surface area contributed by atoms with Crippen LogP contribution in [-0.4, -0.2) is 27.4 Å². The van der Waals surface area contributed by atoms with E-state index in [1.54, 1.807) is 29.7 Å². The van der Waals surface area contributed by atoms with Crippen molar-refractivity contribution in [2.45, 2.75) is 4.90 Å². The number of hydrogen-bond acceptors (Lipinski definition) is 7. The third-order valence-electron chi connectivity index (χ3n) is 5.03. The topological polar surface area (TPSA) is 101 Å². The summed E-state index contributed by atoms with van der Waals surface area (Å²) in [4.78, 5) is 1.18. The van der Waals surface area contributed by atoms with Gasteiger partial charge in [0.1, 0.15) is 11.0 Å². The number of nitrogens with zero attached hydrogens (tertiary/aromatic N) is 3. The molecular weight excluding hydrogens is 450 g/mol. The first-order valence-electron chi connectivity index (χ1n) is 9.28. The van der Waals surface area contributed by atoms with Crippen molar-refractivity contribution >= 4 is 70.8 Å². The highest BCUT2D eigenvalue weighted by atomic mass is 32.2. The van der Waals surface area contributed by atoms with Crippen molar-refractivity contribution < 1.29 is 8.42 Å². The molecule has 0 radical (unpaired) electrons. The fourth-order valence-corrected chi connectivity index (χ4v) is 6.23. The van der Waals surface area contributed by atoms with Crippen molar-refractivity contribution in [3.05, 3.63) is 66.9 Å². The first kappa shape index (κ1) is 18.4. The molecule has 6 aromatic rings. The van der Waals surface area contributed by atoms with Gasteiger partial charge in [-0.2, -0.15) is 13.8 Å². The summed E-state index contributed by atoms with van der Waals surface area (Å²) in [5.74, 6) is 0. The van der Waals surface area contributed by atoms with Gasteiger partial charge in [0.25, 0.3) is 10.0 Å². The molecule has 0 atom stereocenters. The molecule has 3 aromatic heterocycles. The summed E-state index contributed by atoms with van der Waals surface area (Å²) >= 11 is 2.71.